The van der Waals surface area contributed by atoms with Crippen LogP contribution < -0.4 is 47.9 Å². The molecule has 3 fully saturated rings. The number of phosphoric acid groups is 1. The van der Waals surface area contributed by atoms with Gasteiger partial charge in [0.25, 0.3) is 0 Å². The lowest BCUT2D eigenvalue weighted by Crippen LogP contribution is -2.64. The van der Waals surface area contributed by atoms with Crippen LogP contribution in [0.5, 0.6) is 0 Å². The number of phosphoric ester groups is 1. The van der Waals surface area contributed by atoms with E-state index < -0.39 is 167 Å². The van der Waals surface area contributed by atoms with Gasteiger partial charge in [-0.2, -0.15) is 0 Å². The quantitative estimate of drug-likeness (QED) is 0.0199. The summed E-state index contributed by atoms with van der Waals surface area (Å²) in [6.07, 6.45) is -12.2. The number of carbonyl (C=O) groups is 9. The molecule has 51 heteroatoms. The largest absolute Gasteiger partial charge is 0.471 e. The molecule has 3 saturated heterocycles. The van der Waals surface area contributed by atoms with Crippen LogP contribution in [0.1, 0.15) is 104 Å². The zero-order valence-corrected chi connectivity index (χ0v) is 76.6. The van der Waals surface area contributed by atoms with E-state index in [1.807, 2.05) is 0 Å². The molecule has 0 aliphatic carbocycles. The minimum atomic E-state index is -4.01. The van der Waals surface area contributed by atoms with E-state index in [9.17, 15) is 98.6 Å². The molecule has 0 aromatic rings. The zero-order valence-electron chi connectivity index (χ0n) is 75.7. The van der Waals surface area contributed by atoms with Gasteiger partial charge in [0.15, 0.2) is 18.9 Å². The highest BCUT2D eigenvalue weighted by Crippen LogP contribution is 2.42. The van der Waals surface area contributed by atoms with Crippen molar-refractivity contribution in [3.63, 3.8) is 0 Å². The van der Waals surface area contributed by atoms with E-state index in [0.29, 0.717) is 51.5 Å². The number of nitrogens with one attached hydrogen (secondary N) is 9. The number of rotatable bonds is 82. The average molecular weight is 1920 g/mol. The van der Waals surface area contributed by atoms with E-state index in [2.05, 4.69) is 52.4 Å². The smallest absolute Gasteiger partial charge is 0.394 e. The highest BCUT2D eigenvalue weighted by molar-refractivity contribution is 7.47. The van der Waals surface area contributed by atoms with Gasteiger partial charge < -0.3 is 189 Å². The number of aliphatic hydroxyl groups is 9. The molecule has 3 aliphatic rings. The molecule has 764 valence electrons. The highest BCUT2D eigenvalue weighted by Gasteiger charge is 2.48. The van der Waals surface area contributed by atoms with Gasteiger partial charge in [0.1, 0.15) is 85.1 Å². The molecule has 3 aliphatic heterocycles. The number of hydrogen-bond acceptors (Lipinski definition) is 40. The van der Waals surface area contributed by atoms with Crippen LogP contribution in [-0.2, 0) is 147 Å². The fourth-order valence-corrected chi connectivity index (χ4v) is 13.0. The van der Waals surface area contributed by atoms with Crippen molar-refractivity contribution in [3.8, 4) is 0 Å². The van der Waals surface area contributed by atoms with Gasteiger partial charge in [0, 0.05) is 79.7 Å². The average Bonchev–Trinajstić information content (AvgIpc) is 0.818. The lowest BCUT2D eigenvalue weighted by Gasteiger charge is -2.42. The fourth-order valence-electron chi connectivity index (χ4n) is 12.5. The molecular weight excluding hydrogens is 1770 g/mol. The Hall–Kier alpha value is -5.78. The van der Waals surface area contributed by atoms with Gasteiger partial charge in [-0.3, -0.25) is 52.2 Å². The summed E-state index contributed by atoms with van der Waals surface area (Å²) in [6.45, 7) is 6.70. The minimum absolute atomic E-state index is 0.0129. The molecule has 16 unspecified atom stereocenters. The molecule has 19 N–H and O–H groups in total. The van der Waals surface area contributed by atoms with Crippen LogP contribution in [0.3, 0.4) is 0 Å². The summed E-state index contributed by atoms with van der Waals surface area (Å²) in [5, 5.41) is 115. The van der Waals surface area contributed by atoms with Crippen LogP contribution >= 0.6 is 7.82 Å². The second kappa shape index (κ2) is 75.3. The standard InChI is InChI=1S/C80H148N9O41P/c1-55(93)85-67-73(103)70(100)60(52-90)128-78(67)124-49-46-121-43-40-117-34-29-112-24-15-64(97)82-19-9-6-12-58(76(106)84-21-27-115-32-37-120-39-38-116-33-28-111-23-14-63(96)81-18-8-5-11-22-127-131(108,109)110-4)89-77(107)59(88-66(99)17-26-114-31-36-119-42-45-123-48-51-126-80-69(87-57(3)95)75(105)72(102)62(54-92)130-80)13-7-10-20-83-65(98)16-25-113-30-35-118-41-44-122-47-50-125-79-68(86-56(2)94)74(104)71(101)61(53-91)129-79/h58-62,67-75,78-80,90-92,100-105H,5-54H2,1-4H3,(H,81,96)(H,82,97)(H,83,98)(H,84,106)(H,85,93)(H,86,94)(H,87,95)(H,88,99)(H,89,107)(H,108,109)/t58-,59-,60?,61?,62?,67?,68?,69?,70?,71?,72?,73?,74?,75?,78?,79?,80?/m0/s1. The summed E-state index contributed by atoms with van der Waals surface area (Å²) in [7, 11) is -2.93. The lowest BCUT2D eigenvalue weighted by atomic mass is 9.97. The van der Waals surface area contributed by atoms with Crippen molar-refractivity contribution in [2.24, 2.45) is 0 Å². The Morgan fingerprint density at radius 1 is 0.313 bits per heavy atom. The molecule has 0 radical (unpaired) electrons. The van der Waals surface area contributed by atoms with Crippen molar-refractivity contribution in [1.82, 2.24) is 47.9 Å². The summed E-state index contributed by atoms with van der Waals surface area (Å²) >= 11 is 0. The first-order chi connectivity index (χ1) is 63.2. The van der Waals surface area contributed by atoms with E-state index in [-0.39, 0.29) is 274 Å². The second-order valence-corrected chi connectivity index (χ2v) is 31.5. The first kappa shape index (κ1) is 119. The Kier molecular flexibility index (Phi) is 68.7. The predicted molar refractivity (Wildman–Crippen MR) is 453 cm³/mol. The van der Waals surface area contributed by atoms with Gasteiger partial charge in [-0.15, -0.1) is 0 Å². The molecular formula is C80H148N9O41P. The zero-order chi connectivity index (χ0) is 96.1. The van der Waals surface area contributed by atoms with Crippen LogP contribution in [-0.4, -0.2) is 459 Å². The summed E-state index contributed by atoms with van der Waals surface area (Å²) in [5.41, 5.74) is 0. The maximum absolute atomic E-state index is 14.4. The third kappa shape index (κ3) is 56.5. The number of carbonyl (C=O) groups excluding carboxylic acids is 9. The number of ether oxygens (including phenoxy) is 19. The number of hydrogen-bond donors (Lipinski definition) is 19. The fraction of sp³-hybridized carbons (Fsp3) is 0.887. The number of amides is 9. The third-order valence-electron chi connectivity index (χ3n) is 19.5. The van der Waals surface area contributed by atoms with E-state index in [1.165, 1.54) is 20.8 Å². The van der Waals surface area contributed by atoms with Crippen molar-refractivity contribution in [2.75, 3.05) is 251 Å². The highest BCUT2D eigenvalue weighted by atomic mass is 31.2. The molecule has 50 nitrogen and oxygen atoms in total. The topological polar surface area (TPSA) is 675 Å². The molecule has 0 bridgehead atoms. The second-order valence-electron chi connectivity index (χ2n) is 29.9. The van der Waals surface area contributed by atoms with E-state index in [0.717, 1.165) is 7.11 Å². The summed E-state index contributed by atoms with van der Waals surface area (Å²) in [5.74, 6) is -4.05. The molecule has 0 spiro atoms. The molecule has 9 amide bonds. The lowest BCUT2D eigenvalue weighted by molar-refractivity contribution is -0.272. The molecule has 0 aromatic carbocycles. The monoisotopic (exact) mass is 1920 g/mol. The van der Waals surface area contributed by atoms with E-state index >= 15 is 0 Å². The van der Waals surface area contributed by atoms with Crippen molar-refractivity contribution in [2.45, 2.75) is 208 Å². The minimum Gasteiger partial charge on any atom is -0.394 e. The Morgan fingerprint density at radius 2 is 0.588 bits per heavy atom. The van der Waals surface area contributed by atoms with Gasteiger partial charge in [-0.25, -0.2) is 4.57 Å². The molecule has 131 heavy (non-hydrogen) atoms. The third-order valence-corrected chi connectivity index (χ3v) is 20.4. The molecule has 3 heterocycles. The predicted octanol–water partition coefficient (Wildman–Crippen LogP) is -7.65. The van der Waals surface area contributed by atoms with Gasteiger partial charge >= 0.3 is 7.82 Å². The van der Waals surface area contributed by atoms with Gasteiger partial charge in [-0.05, 0) is 57.8 Å². The maximum Gasteiger partial charge on any atom is 0.471 e. The van der Waals surface area contributed by atoms with Gasteiger partial charge in [0.05, 0.1) is 218 Å². The van der Waals surface area contributed by atoms with E-state index in [1.54, 1.807) is 0 Å². The summed E-state index contributed by atoms with van der Waals surface area (Å²) < 4.78 is 126. The molecule has 0 saturated carbocycles. The SMILES string of the molecule is COP(=O)(O)OCCCCCNC(=O)CCOCCOCCOCCOCCNC(=O)[C@H](CCCCNC(=O)CCOCCOCCOCCOC1OC(CO)C(O)C(O)C1NC(C)=O)NC(=O)[C@H](CCCCNC(=O)CCOCCOCCOCCOC1OC(CO)C(O)C(O)C1NC(C)=O)NC(=O)CCOCCOCCOCCOC1OC(CO)C(O)C(O)C1NC(C)=O. The normalized spacial score (nSPS) is 23.0. The molecule has 0 aromatic heterocycles. The summed E-state index contributed by atoms with van der Waals surface area (Å²) in [6, 6.07) is -5.59. The Bertz CT molecular complexity index is 3090. The van der Waals surface area contributed by atoms with Gasteiger partial charge in [0.2, 0.25) is 53.2 Å². The van der Waals surface area contributed by atoms with Crippen LogP contribution in [0, 0.1) is 0 Å². The van der Waals surface area contributed by atoms with Crippen LogP contribution in [0.25, 0.3) is 0 Å². The summed E-state index contributed by atoms with van der Waals surface area (Å²) in [4.78, 5) is 124. The molecule has 18 atom stereocenters. The first-order valence-corrected chi connectivity index (χ1v) is 45.9. The van der Waals surface area contributed by atoms with Gasteiger partial charge in [-0.1, -0.05) is 0 Å². The van der Waals surface area contributed by atoms with Crippen LogP contribution in [0.2, 0.25) is 0 Å². The molecule has 3 rings (SSSR count). The first-order valence-electron chi connectivity index (χ1n) is 44.4. The maximum atomic E-state index is 14.4. The van der Waals surface area contributed by atoms with Crippen molar-refractivity contribution < 1.29 is 198 Å². The Labute approximate surface area is 763 Å². The van der Waals surface area contributed by atoms with Crippen molar-refractivity contribution in [1.29, 1.82) is 0 Å². The van der Waals surface area contributed by atoms with Crippen LogP contribution in [0.4, 0.5) is 0 Å². The Balaban J connectivity index is 1.51. The number of aliphatic hydroxyl groups excluding tert-OH is 9. The number of unbranched alkanes of at least 4 members (excludes halogenated alkanes) is 4. The van der Waals surface area contributed by atoms with E-state index in [4.69, 9.17) is 94.5 Å². The van der Waals surface area contributed by atoms with Crippen LogP contribution in [0.15, 0.2) is 0 Å². The van der Waals surface area contributed by atoms with Crippen molar-refractivity contribution >= 4 is 61.0 Å². The Morgan fingerprint density at radius 3 is 0.885 bits per heavy atom. The van der Waals surface area contributed by atoms with Crippen molar-refractivity contribution in [3.05, 3.63) is 0 Å².